The molecule has 0 bridgehead atoms. The summed E-state index contributed by atoms with van der Waals surface area (Å²) in [7, 11) is 0. The fourth-order valence-corrected chi connectivity index (χ4v) is 3.10. The van der Waals surface area contributed by atoms with Gasteiger partial charge in [-0.3, -0.25) is 4.79 Å². The van der Waals surface area contributed by atoms with Crippen LogP contribution in [-0.2, 0) is 0 Å². The Bertz CT molecular complexity index is 1220. The molecular formula is C21H17F2N5O2. The normalized spacial score (nSPS) is 10.9. The standard InChI is InChI=1S/C21H17F2N5O2/c1-2-24-20(29)14-7-6-11(9-25-14)27-16-8-15(18-12(22)4-3-5-13(18)23)28-17-10-26-21(30)19(16)17/h3-10,26-27,30H,2H2,1H3,(H,24,29). The second-order valence-electron chi connectivity index (χ2n) is 6.47. The number of carbonyl (C=O) groups excluding carboxylic acids is 1. The van der Waals surface area contributed by atoms with Gasteiger partial charge in [-0.1, -0.05) is 6.07 Å². The zero-order valence-electron chi connectivity index (χ0n) is 15.8. The van der Waals surface area contributed by atoms with Crippen LogP contribution in [0.15, 0.2) is 48.8 Å². The zero-order chi connectivity index (χ0) is 21.3. The fourth-order valence-electron chi connectivity index (χ4n) is 3.10. The number of hydrogen-bond donors (Lipinski definition) is 4. The van der Waals surface area contributed by atoms with Crippen LogP contribution in [0.3, 0.4) is 0 Å². The van der Waals surface area contributed by atoms with Gasteiger partial charge in [-0.05, 0) is 37.3 Å². The lowest BCUT2D eigenvalue weighted by Crippen LogP contribution is -2.23. The Morgan fingerprint density at radius 3 is 2.63 bits per heavy atom. The molecule has 1 amide bonds. The van der Waals surface area contributed by atoms with Crippen molar-refractivity contribution >= 4 is 28.2 Å². The number of aromatic nitrogens is 3. The fraction of sp³-hybridized carbons (Fsp3) is 0.0952. The van der Waals surface area contributed by atoms with E-state index in [0.29, 0.717) is 28.8 Å². The highest BCUT2D eigenvalue weighted by Gasteiger charge is 2.18. The molecular weight excluding hydrogens is 392 g/mol. The van der Waals surface area contributed by atoms with E-state index in [1.165, 1.54) is 24.5 Å². The molecule has 0 aliphatic rings. The number of hydrogen-bond acceptors (Lipinski definition) is 5. The predicted octanol–water partition coefficient (Wildman–Crippen LogP) is 4.10. The molecule has 0 radical (unpaired) electrons. The van der Waals surface area contributed by atoms with Crippen molar-refractivity contribution in [2.45, 2.75) is 6.92 Å². The summed E-state index contributed by atoms with van der Waals surface area (Å²) in [4.78, 5) is 22.9. The van der Waals surface area contributed by atoms with Gasteiger partial charge in [-0.25, -0.2) is 18.7 Å². The number of anilines is 2. The monoisotopic (exact) mass is 409 g/mol. The molecule has 152 valence electrons. The molecule has 4 aromatic rings. The lowest BCUT2D eigenvalue weighted by atomic mass is 10.1. The molecule has 3 aromatic heterocycles. The Balaban J connectivity index is 1.77. The molecule has 4 N–H and O–H groups in total. The molecule has 0 unspecified atom stereocenters. The van der Waals surface area contributed by atoms with E-state index in [4.69, 9.17) is 0 Å². The van der Waals surface area contributed by atoms with Crippen LogP contribution < -0.4 is 10.6 Å². The second kappa shape index (κ2) is 7.78. The van der Waals surface area contributed by atoms with E-state index >= 15 is 0 Å². The van der Waals surface area contributed by atoms with Gasteiger partial charge in [0.2, 0.25) is 0 Å². The van der Waals surface area contributed by atoms with Crippen molar-refractivity contribution < 1.29 is 18.7 Å². The highest BCUT2D eigenvalue weighted by atomic mass is 19.1. The molecule has 7 nitrogen and oxygen atoms in total. The van der Waals surface area contributed by atoms with Crippen LogP contribution in [0.25, 0.3) is 22.2 Å². The summed E-state index contributed by atoms with van der Waals surface area (Å²) in [6, 6.07) is 8.19. The van der Waals surface area contributed by atoms with Crippen LogP contribution in [-0.4, -0.2) is 32.5 Å². The Labute approximate surface area is 169 Å². The largest absolute Gasteiger partial charge is 0.494 e. The summed E-state index contributed by atoms with van der Waals surface area (Å²) >= 11 is 0. The molecule has 3 heterocycles. The van der Waals surface area contributed by atoms with E-state index in [1.54, 1.807) is 12.1 Å². The number of halogens is 2. The average molecular weight is 409 g/mol. The number of amides is 1. The van der Waals surface area contributed by atoms with Crippen molar-refractivity contribution in [1.29, 1.82) is 0 Å². The van der Waals surface area contributed by atoms with E-state index in [0.717, 1.165) is 12.1 Å². The zero-order valence-corrected chi connectivity index (χ0v) is 15.8. The lowest BCUT2D eigenvalue weighted by molar-refractivity contribution is 0.0951. The van der Waals surface area contributed by atoms with Crippen molar-refractivity contribution in [3.8, 4) is 17.1 Å². The summed E-state index contributed by atoms with van der Waals surface area (Å²) in [5, 5.41) is 16.2. The number of nitrogens with zero attached hydrogens (tertiary/aromatic N) is 2. The Kier molecular flexibility index (Phi) is 5.01. The van der Waals surface area contributed by atoms with Crippen LogP contribution in [0.5, 0.6) is 5.88 Å². The van der Waals surface area contributed by atoms with Gasteiger partial charge >= 0.3 is 0 Å². The maximum absolute atomic E-state index is 14.3. The maximum Gasteiger partial charge on any atom is 0.269 e. The van der Waals surface area contributed by atoms with Crippen LogP contribution in [0.1, 0.15) is 17.4 Å². The van der Waals surface area contributed by atoms with Crippen molar-refractivity contribution in [2.24, 2.45) is 0 Å². The molecule has 4 rings (SSSR count). The first-order valence-corrected chi connectivity index (χ1v) is 9.14. The number of benzene rings is 1. The highest BCUT2D eigenvalue weighted by Crippen LogP contribution is 2.36. The molecule has 0 atom stereocenters. The van der Waals surface area contributed by atoms with E-state index in [2.05, 4.69) is 25.6 Å². The van der Waals surface area contributed by atoms with Crippen molar-refractivity contribution in [2.75, 3.05) is 11.9 Å². The number of rotatable bonds is 5. The van der Waals surface area contributed by atoms with Crippen LogP contribution >= 0.6 is 0 Å². The SMILES string of the molecule is CCNC(=O)c1ccc(Nc2cc(-c3c(F)cccc3F)nc3c[nH]c(O)c23)cn1. The number of fused-ring (bicyclic) bond motifs is 1. The lowest BCUT2D eigenvalue weighted by Gasteiger charge is -2.12. The molecule has 0 spiro atoms. The van der Waals surface area contributed by atoms with E-state index in [9.17, 15) is 18.7 Å². The van der Waals surface area contributed by atoms with E-state index in [-0.39, 0.29) is 28.7 Å². The smallest absolute Gasteiger partial charge is 0.269 e. The number of H-pyrrole nitrogens is 1. The first kappa shape index (κ1) is 19.3. The summed E-state index contributed by atoms with van der Waals surface area (Å²) in [6.07, 6.45) is 2.89. The van der Waals surface area contributed by atoms with Crippen molar-refractivity contribution in [1.82, 2.24) is 20.3 Å². The highest BCUT2D eigenvalue weighted by molar-refractivity contribution is 5.99. The number of aromatic hydroxyl groups is 1. The average Bonchev–Trinajstić information content (AvgIpc) is 3.10. The second-order valence-corrected chi connectivity index (χ2v) is 6.47. The van der Waals surface area contributed by atoms with Gasteiger partial charge in [0.25, 0.3) is 5.91 Å². The number of pyridine rings is 2. The Morgan fingerprint density at radius 2 is 1.97 bits per heavy atom. The van der Waals surface area contributed by atoms with E-state index < -0.39 is 11.6 Å². The minimum Gasteiger partial charge on any atom is -0.494 e. The van der Waals surface area contributed by atoms with Gasteiger partial charge in [-0.2, -0.15) is 0 Å². The molecule has 0 saturated carbocycles. The van der Waals surface area contributed by atoms with Gasteiger partial charge < -0.3 is 20.7 Å². The first-order valence-electron chi connectivity index (χ1n) is 9.14. The number of aromatic amines is 1. The third kappa shape index (κ3) is 3.52. The summed E-state index contributed by atoms with van der Waals surface area (Å²) in [6.45, 7) is 2.29. The molecule has 0 fully saturated rings. The Morgan fingerprint density at radius 1 is 1.20 bits per heavy atom. The van der Waals surface area contributed by atoms with Gasteiger partial charge in [0.1, 0.15) is 17.3 Å². The Hall–Kier alpha value is -4.01. The quantitative estimate of drug-likeness (QED) is 0.397. The topological polar surface area (TPSA) is 103 Å². The third-order valence-electron chi connectivity index (χ3n) is 4.46. The van der Waals surface area contributed by atoms with Gasteiger partial charge in [-0.15, -0.1) is 0 Å². The number of carbonyl (C=O) groups is 1. The predicted molar refractivity (Wildman–Crippen MR) is 109 cm³/mol. The molecule has 30 heavy (non-hydrogen) atoms. The summed E-state index contributed by atoms with van der Waals surface area (Å²) < 4.78 is 28.6. The van der Waals surface area contributed by atoms with Crippen LogP contribution in [0.4, 0.5) is 20.2 Å². The van der Waals surface area contributed by atoms with Gasteiger partial charge in [0, 0.05) is 12.7 Å². The molecule has 0 aliphatic heterocycles. The summed E-state index contributed by atoms with van der Waals surface area (Å²) in [5.74, 6) is -1.94. The minimum absolute atomic E-state index is 0.0616. The van der Waals surface area contributed by atoms with Crippen molar-refractivity contribution in [3.63, 3.8) is 0 Å². The molecule has 0 aliphatic carbocycles. The number of nitrogens with one attached hydrogen (secondary N) is 3. The van der Waals surface area contributed by atoms with Crippen molar-refractivity contribution in [3.05, 3.63) is 66.1 Å². The van der Waals surface area contributed by atoms with Gasteiger partial charge in [0.15, 0.2) is 5.88 Å². The van der Waals surface area contributed by atoms with E-state index in [1.807, 2.05) is 6.92 Å². The summed E-state index contributed by atoms with van der Waals surface area (Å²) in [5.41, 5.74) is 1.24. The third-order valence-corrected chi connectivity index (χ3v) is 4.46. The maximum atomic E-state index is 14.3. The van der Waals surface area contributed by atoms with Crippen LogP contribution in [0.2, 0.25) is 0 Å². The molecule has 0 saturated heterocycles. The molecule has 1 aromatic carbocycles. The minimum atomic E-state index is -0.750. The van der Waals surface area contributed by atoms with Gasteiger partial charge in [0.05, 0.1) is 39.7 Å². The molecule has 9 heteroatoms. The first-order chi connectivity index (χ1) is 14.5. The van der Waals surface area contributed by atoms with Crippen LogP contribution in [0, 0.1) is 11.6 Å².